The molecular formula is C12H14N2O3. The van der Waals surface area contributed by atoms with E-state index in [1.165, 1.54) is 7.11 Å². The summed E-state index contributed by atoms with van der Waals surface area (Å²) >= 11 is 0. The Labute approximate surface area is 99.2 Å². The summed E-state index contributed by atoms with van der Waals surface area (Å²) in [6.07, 6.45) is 3.75. The van der Waals surface area contributed by atoms with Crippen molar-refractivity contribution in [2.45, 2.75) is 6.42 Å². The molecule has 0 bridgehead atoms. The lowest BCUT2D eigenvalue weighted by atomic mass is 10.1. The fourth-order valence-corrected chi connectivity index (χ4v) is 1.20. The quantitative estimate of drug-likeness (QED) is 0.271. The molecule has 0 spiro atoms. The number of hydrogen-bond donors (Lipinski definition) is 2. The fraction of sp³-hybridized carbons (Fsp3) is 0.167. The molecule has 0 aliphatic heterocycles. The van der Waals surface area contributed by atoms with E-state index in [4.69, 9.17) is 10.9 Å². The maximum absolute atomic E-state index is 10.9. The smallest absolute Gasteiger partial charge is 0.309 e. The van der Waals surface area contributed by atoms with Crippen molar-refractivity contribution in [3.63, 3.8) is 0 Å². The maximum Gasteiger partial charge on any atom is 0.309 e. The highest BCUT2D eigenvalue weighted by atomic mass is 16.5. The van der Waals surface area contributed by atoms with E-state index in [1.54, 1.807) is 36.4 Å². The molecule has 5 heteroatoms. The predicted octanol–water partition coefficient (Wildman–Crippen LogP) is 1.36. The van der Waals surface area contributed by atoms with Gasteiger partial charge in [0.1, 0.15) is 0 Å². The number of methoxy groups -OCH3 is 1. The van der Waals surface area contributed by atoms with Crippen LogP contribution in [0.4, 0.5) is 0 Å². The number of oxime groups is 1. The first-order valence-electron chi connectivity index (χ1n) is 4.98. The summed E-state index contributed by atoms with van der Waals surface area (Å²) in [5, 5.41) is 11.4. The van der Waals surface area contributed by atoms with E-state index < -0.39 is 0 Å². The number of esters is 1. The second-order valence-electron chi connectivity index (χ2n) is 3.29. The standard InChI is InChI=1S/C12H14N2O3/c1-17-11(15)4-2-3-9-5-7-10(8-6-9)12(13)14-16/h2-3,5-8,16H,4H2,1H3,(H2,13,14). The minimum absolute atomic E-state index is 0.0649. The Morgan fingerprint density at radius 2 is 2.12 bits per heavy atom. The molecule has 0 saturated carbocycles. The molecule has 0 aliphatic carbocycles. The molecule has 0 unspecified atom stereocenters. The van der Waals surface area contributed by atoms with E-state index in [0.29, 0.717) is 5.56 Å². The van der Waals surface area contributed by atoms with Gasteiger partial charge in [0.25, 0.3) is 0 Å². The molecule has 0 atom stereocenters. The lowest BCUT2D eigenvalue weighted by molar-refractivity contribution is -0.139. The van der Waals surface area contributed by atoms with E-state index in [0.717, 1.165) is 5.56 Å². The second-order valence-corrected chi connectivity index (χ2v) is 3.29. The van der Waals surface area contributed by atoms with Crippen LogP contribution >= 0.6 is 0 Å². The number of benzene rings is 1. The highest BCUT2D eigenvalue weighted by Gasteiger charge is 1.98. The van der Waals surface area contributed by atoms with Crippen molar-refractivity contribution in [2.24, 2.45) is 10.9 Å². The maximum atomic E-state index is 10.9. The van der Waals surface area contributed by atoms with Gasteiger partial charge < -0.3 is 15.7 Å². The summed E-state index contributed by atoms with van der Waals surface area (Å²) in [7, 11) is 1.35. The SMILES string of the molecule is COC(=O)CC=Cc1ccc(C(N)=NO)cc1. The van der Waals surface area contributed by atoms with Gasteiger partial charge in [-0.2, -0.15) is 0 Å². The van der Waals surface area contributed by atoms with Crippen LogP contribution in [0.5, 0.6) is 0 Å². The average molecular weight is 234 g/mol. The lowest BCUT2D eigenvalue weighted by Gasteiger charge is -1.99. The van der Waals surface area contributed by atoms with Gasteiger partial charge in [-0.15, -0.1) is 0 Å². The highest BCUT2D eigenvalue weighted by molar-refractivity contribution is 5.97. The number of nitrogens with zero attached hydrogens (tertiary/aromatic N) is 1. The summed E-state index contributed by atoms with van der Waals surface area (Å²) in [5.41, 5.74) is 6.98. The van der Waals surface area contributed by atoms with Gasteiger partial charge in [0, 0.05) is 5.56 Å². The zero-order chi connectivity index (χ0) is 12.7. The molecule has 0 fully saturated rings. The van der Waals surface area contributed by atoms with Gasteiger partial charge >= 0.3 is 5.97 Å². The van der Waals surface area contributed by atoms with Crippen LogP contribution in [0.3, 0.4) is 0 Å². The Morgan fingerprint density at radius 3 is 2.65 bits per heavy atom. The van der Waals surface area contributed by atoms with Crippen molar-refractivity contribution < 1.29 is 14.7 Å². The van der Waals surface area contributed by atoms with Gasteiger partial charge in [-0.1, -0.05) is 41.6 Å². The summed E-state index contributed by atoms with van der Waals surface area (Å²) in [4.78, 5) is 10.9. The third-order valence-electron chi connectivity index (χ3n) is 2.14. The minimum atomic E-state index is -0.283. The van der Waals surface area contributed by atoms with Crippen LogP contribution in [0, 0.1) is 0 Å². The first-order chi connectivity index (χ1) is 8.17. The van der Waals surface area contributed by atoms with Gasteiger partial charge in [0.05, 0.1) is 13.5 Å². The number of amidine groups is 1. The number of nitrogens with two attached hydrogens (primary N) is 1. The van der Waals surface area contributed by atoms with E-state index in [2.05, 4.69) is 9.89 Å². The summed E-state index contributed by atoms with van der Waals surface area (Å²) in [6, 6.07) is 7.07. The Hall–Kier alpha value is -2.30. The van der Waals surface area contributed by atoms with Crippen molar-refractivity contribution in [1.82, 2.24) is 0 Å². The van der Waals surface area contributed by atoms with Crippen LogP contribution in [0.25, 0.3) is 6.08 Å². The first-order valence-corrected chi connectivity index (χ1v) is 4.98. The monoisotopic (exact) mass is 234 g/mol. The normalized spacial score (nSPS) is 11.7. The van der Waals surface area contributed by atoms with Crippen molar-refractivity contribution in [2.75, 3.05) is 7.11 Å². The molecule has 1 aromatic rings. The zero-order valence-corrected chi connectivity index (χ0v) is 9.46. The largest absolute Gasteiger partial charge is 0.469 e. The molecule has 3 N–H and O–H groups in total. The molecule has 90 valence electrons. The van der Waals surface area contributed by atoms with Gasteiger partial charge in [0.2, 0.25) is 0 Å². The van der Waals surface area contributed by atoms with Gasteiger partial charge in [-0.05, 0) is 5.56 Å². The van der Waals surface area contributed by atoms with Gasteiger partial charge in [-0.25, -0.2) is 0 Å². The molecule has 0 aromatic heterocycles. The van der Waals surface area contributed by atoms with Crippen LogP contribution < -0.4 is 5.73 Å². The number of ether oxygens (including phenoxy) is 1. The molecule has 17 heavy (non-hydrogen) atoms. The van der Waals surface area contributed by atoms with Crippen LogP contribution in [0.1, 0.15) is 17.5 Å². The number of carbonyl (C=O) groups is 1. The van der Waals surface area contributed by atoms with E-state index >= 15 is 0 Å². The summed E-state index contributed by atoms with van der Waals surface area (Å²) in [5.74, 6) is -0.218. The first kappa shape index (κ1) is 12.8. The highest BCUT2D eigenvalue weighted by Crippen LogP contribution is 2.06. The van der Waals surface area contributed by atoms with Crippen LogP contribution in [0.15, 0.2) is 35.5 Å². The van der Waals surface area contributed by atoms with Gasteiger partial charge in [0.15, 0.2) is 5.84 Å². The number of carbonyl (C=O) groups excluding carboxylic acids is 1. The van der Waals surface area contributed by atoms with Crippen LogP contribution in [-0.4, -0.2) is 24.1 Å². The van der Waals surface area contributed by atoms with Crippen molar-refractivity contribution >= 4 is 17.9 Å². The van der Waals surface area contributed by atoms with Crippen LogP contribution in [0.2, 0.25) is 0 Å². The molecule has 1 rings (SSSR count). The molecule has 0 heterocycles. The van der Waals surface area contributed by atoms with Gasteiger partial charge in [-0.3, -0.25) is 4.79 Å². The predicted molar refractivity (Wildman–Crippen MR) is 64.6 cm³/mol. The third kappa shape index (κ3) is 3.98. The molecule has 0 aliphatic rings. The van der Waals surface area contributed by atoms with E-state index in [9.17, 15) is 4.79 Å². The lowest BCUT2D eigenvalue weighted by Crippen LogP contribution is -2.12. The molecule has 0 saturated heterocycles. The molecule has 1 aromatic carbocycles. The molecule has 0 radical (unpaired) electrons. The van der Waals surface area contributed by atoms with Crippen molar-refractivity contribution in [3.8, 4) is 0 Å². The van der Waals surface area contributed by atoms with Crippen molar-refractivity contribution in [1.29, 1.82) is 0 Å². The average Bonchev–Trinajstić information content (AvgIpc) is 2.38. The third-order valence-corrected chi connectivity index (χ3v) is 2.14. The summed E-state index contributed by atoms with van der Waals surface area (Å²) < 4.78 is 4.50. The van der Waals surface area contributed by atoms with Crippen molar-refractivity contribution in [3.05, 3.63) is 41.5 Å². The molecular weight excluding hydrogens is 220 g/mol. The molecule has 5 nitrogen and oxygen atoms in total. The minimum Gasteiger partial charge on any atom is -0.469 e. The van der Waals surface area contributed by atoms with Crippen LogP contribution in [-0.2, 0) is 9.53 Å². The zero-order valence-electron chi connectivity index (χ0n) is 9.46. The Balaban J connectivity index is 2.65. The second kappa shape index (κ2) is 6.32. The Bertz CT molecular complexity index is 436. The Morgan fingerprint density at radius 1 is 1.47 bits per heavy atom. The fourth-order valence-electron chi connectivity index (χ4n) is 1.20. The number of hydrogen-bond acceptors (Lipinski definition) is 4. The Kier molecular flexibility index (Phi) is 4.75. The number of rotatable bonds is 4. The van der Waals surface area contributed by atoms with E-state index in [-0.39, 0.29) is 18.2 Å². The topological polar surface area (TPSA) is 84.9 Å². The summed E-state index contributed by atoms with van der Waals surface area (Å²) in [6.45, 7) is 0. The van der Waals surface area contributed by atoms with E-state index in [1.807, 2.05) is 0 Å². The molecule has 0 amide bonds.